The first-order valence-corrected chi connectivity index (χ1v) is 7.98. The molecule has 8 heteroatoms. The van der Waals surface area contributed by atoms with Crippen LogP contribution in [0.5, 0.6) is 0 Å². The lowest BCUT2D eigenvalue weighted by Crippen LogP contribution is -2.10. The Morgan fingerprint density at radius 2 is 2.15 bits per heavy atom. The van der Waals surface area contributed by atoms with Gasteiger partial charge in [0.2, 0.25) is 9.84 Å². The summed E-state index contributed by atoms with van der Waals surface area (Å²) in [5.41, 5.74) is 6.28. The third kappa shape index (κ3) is 2.70. The van der Waals surface area contributed by atoms with Crippen molar-refractivity contribution in [3.05, 3.63) is 35.0 Å². The molecule has 1 aromatic carbocycles. The second-order valence-corrected chi connectivity index (χ2v) is 6.97. The van der Waals surface area contributed by atoms with Gasteiger partial charge in [-0.15, -0.1) is 11.3 Å². The number of nitrogens with zero attached hydrogens (tertiary/aromatic N) is 1. The number of rotatable bonds is 4. The van der Waals surface area contributed by atoms with Crippen molar-refractivity contribution in [3.8, 4) is 10.4 Å². The average molecular weight is 314 g/mol. The summed E-state index contributed by atoms with van der Waals surface area (Å²) in [6.07, 6.45) is 0. The van der Waals surface area contributed by atoms with Crippen molar-refractivity contribution in [2.75, 3.05) is 6.01 Å². The van der Waals surface area contributed by atoms with Crippen LogP contribution >= 0.6 is 11.3 Å². The van der Waals surface area contributed by atoms with Crippen molar-refractivity contribution in [1.29, 1.82) is 0 Å². The van der Waals surface area contributed by atoms with E-state index in [-0.39, 0.29) is 9.90 Å². The zero-order chi connectivity index (χ0) is 14.9. The minimum Gasteiger partial charge on any atom is -0.364 e. The van der Waals surface area contributed by atoms with Gasteiger partial charge in [-0.1, -0.05) is 12.1 Å². The number of aryl methyl sites for hydroxylation is 1. The van der Waals surface area contributed by atoms with Gasteiger partial charge in [0.15, 0.2) is 11.0 Å². The Morgan fingerprint density at radius 3 is 2.70 bits per heavy atom. The molecule has 0 atom stereocenters. The predicted molar refractivity (Wildman–Crippen MR) is 74.0 cm³/mol. The number of hydrogen-bond donors (Lipinski definition) is 1. The van der Waals surface area contributed by atoms with Gasteiger partial charge in [-0.25, -0.2) is 17.8 Å². The highest BCUT2D eigenvalue weighted by Crippen LogP contribution is 2.31. The molecule has 0 fully saturated rings. The molecule has 0 saturated heterocycles. The summed E-state index contributed by atoms with van der Waals surface area (Å²) in [5, 5.41) is 0.149. The van der Waals surface area contributed by atoms with Crippen LogP contribution in [0.3, 0.4) is 0 Å². The first-order valence-electron chi connectivity index (χ1n) is 5.51. The highest BCUT2D eigenvalue weighted by Gasteiger charge is 2.17. The van der Waals surface area contributed by atoms with Crippen molar-refractivity contribution in [2.24, 2.45) is 5.73 Å². The molecule has 1 amide bonds. The minimum absolute atomic E-state index is 0.106. The van der Waals surface area contributed by atoms with E-state index in [9.17, 15) is 17.6 Å². The third-order valence-corrected chi connectivity index (χ3v) is 5.09. The molecular formula is C12H11FN2O3S2. The van der Waals surface area contributed by atoms with Gasteiger partial charge in [0.25, 0.3) is 5.91 Å². The Bertz CT molecular complexity index is 769. The minimum atomic E-state index is -3.93. The van der Waals surface area contributed by atoms with E-state index in [0.29, 0.717) is 16.1 Å². The number of carbonyl (C=O) groups excluding carboxylic acids is 1. The molecule has 0 bridgehead atoms. The Morgan fingerprint density at radius 1 is 1.45 bits per heavy atom. The standard InChI is InChI=1S/C12H11FN2O3S2/c1-7-10(19-12(15-7)11(14)16)8-3-2-4-9(5-8)20(17,18)6-13/h2-5H,6H2,1H3,(H2,14,16). The van der Waals surface area contributed by atoms with Crippen LogP contribution in [0.15, 0.2) is 29.2 Å². The zero-order valence-corrected chi connectivity index (χ0v) is 12.1. The molecule has 0 spiro atoms. The van der Waals surface area contributed by atoms with Crippen LogP contribution in [0.2, 0.25) is 0 Å². The molecule has 2 N–H and O–H groups in total. The number of benzene rings is 1. The van der Waals surface area contributed by atoms with Crippen molar-refractivity contribution >= 4 is 27.1 Å². The van der Waals surface area contributed by atoms with Crippen molar-refractivity contribution in [2.45, 2.75) is 11.8 Å². The Labute approximate surface area is 119 Å². The van der Waals surface area contributed by atoms with E-state index >= 15 is 0 Å². The second kappa shape index (κ2) is 5.29. The van der Waals surface area contributed by atoms with Crippen molar-refractivity contribution in [1.82, 2.24) is 4.98 Å². The molecule has 0 aliphatic rings. The van der Waals surface area contributed by atoms with Crippen LogP contribution < -0.4 is 5.73 Å². The highest BCUT2D eigenvalue weighted by atomic mass is 32.2. The maximum atomic E-state index is 12.5. The van der Waals surface area contributed by atoms with Crippen LogP contribution in [-0.2, 0) is 9.84 Å². The molecule has 1 heterocycles. The van der Waals surface area contributed by atoms with Crippen molar-refractivity contribution in [3.63, 3.8) is 0 Å². The molecule has 0 aliphatic heterocycles. The number of carbonyl (C=O) groups is 1. The Kier molecular flexibility index (Phi) is 3.87. The zero-order valence-electron chi connectivity index (χ0n) is 10.5. The quantitative estimate of drug-likeness (QED) is 0.933. The van der Waals surface area contributed by atoms with Crippen LogP contribution in [0.25, 0.3) is 10.4 Å². The fraction of sp³-hybridized carbons (Fsp3) is 0.167. The first-order chi connectivity index (χ1) is 9.35. The van der Waals surface area contributed by atoms with E-state index in [2.05, 4.69) is 4.98 Å². The fourth-order valence-electron chi connectivity index (χ4n) is 1.66. The maximum Gasteiger partial charge on any atom is 0.277 e. The highest BCUT2D eigenvalue weighted by molar-refractivity contribution is 7.91. The van der Waals surface area contributed by atoms with E-state index < -0.39 is 21.8 Å². The lowest BCUT2D eigenvalue weighted by molar-refractivity contribution is 0.1000. The number of thiazole rings is 1. The molecule has 0 aliphatic carbocycles. The molecule has 1 aromatic heterocycles. The summed E-state index contributed by atoms with van der Waals surface area (Å²) in [5.74, 6) is -0.642. The van der Waals surface area contributed by atoms with Gasteiger partial charge in [0.05, 0.1) is 15.5 Å². The topological polar surface area (TPSA) is 90.1 Å². The van der Waals surface area contributed by atoms with Gasteiger partial charge in [-0.05, 0) is 24.6 Å². The van der Waals surface area contributed by atoms with Gasteiger partial charge in [0.1, 0.15) is 0 Å². The normalized spacial score (nSPS) is 11.5. The summed E-state index contributed by atoms with van der Waals surface area (Å²) in [6.45, 7) is 1.69. The van der Waals surface area contributed by atoms with E-state index in [0.717, 1.165) is 11.3 Å². The van der Waals surface area contributed by atoms with Gasteiger partial charge in [-0.2, -0.15) is 0 Å². The van der Waals surface area contributed by atoms with Crippen molar-refractivity contribution < 1.29 is 17.6 Å². The van der Waals surface area contributed by atoms with E-state index in [1.165, 1.54) is 18.2 Å². The van der Waals surface area contributed by atoms with Gasteiger partial charge in [-0.3, -0.25) is 4.79 Å². The number of alkyl halides is 1. The molecule has 2 rings (SSSR count). The number of aromatic nitrogens is 1. The third-order valence-electron chi connectivity index (χ3n) is 2.61. The number of amides is 1. The second-order valence-electron chi connectivity index (χ2n) is 4.05. The maximum absolute atomic E-state index is 12.5. The molecule has 0 saturated carbocycles. The number of primary amides is 1. The molecule has 20 heavy (non-hydrogen) atoms. The molecule has 0 radical (unpaired) electrons. The summed E-state index contributed by atoms with van der Waals surface area (Å²) in [7, 11) is -3.93. The van der Waals surface area contributed by atoms with Gasteiger partial charge < -0.3 is 5.73 Å². The molecule has 5 nitrogen and oxygen atoms in total. The summed E-state index contributed by atoms with van der Waals surface area (Å²) in [6, 6.07) is 4.41. The number of nitrogens with two attached hydrogens (primary N) is 1. The molecule has 0 unspecified atom stereocenters. The monoisotopic (exact) mass is 314 g/mol. The number of halogens is 1. The summed E-state index contributed by atoms with van der Waals surface area (Å²) in [4.78, 5) is 15.6. The number of sulfone groups is 1. The Hall–Kier alpha value is -1.80. The lowest BCUT2D eigenvalue weighted by atomic mass is 10.2. The van der Waals surface area contributed by atoms with Crippen LogP contribution in [0.4, 0.5) is 4.39 Å². The fourth-order valence-corrected chi connectivity index (χ4v) is 3.30. The largest absolute Gasteiger partial charge is 0.364 e. The first kappa shape index (κ1) is 14.6. The number of hydrogen-bond acceptors (Lipinski definition) is 5. The Balaban J connectivity index is 2.54. The lowest BCUT2D eigenvalue weighted by Gasteiger charge is -2.03. The van der Waals surface area contributed by atoms with E-state index in [1.54, 1.807) is 13.0 Å². The van der Waals surface area contributed by atoms with Crippen LogP contribution in [-0.4, -0.2) is 25.3 Å². The SMILES string of the molecule is Cc1nc(C(N)=O)sc1-c1cccc(S(=O)(=O)CF)c1. The van der Waals surface area contributed by atoms with E-state index in [4.69, 9.17) is 5.73 Å². The molecular weight excluding hydrogens is 303 g/mol. The predicted octanol–water partition coefficient (Wildman–Crippen LogP) is 1.92. The van der Waals surface area contributed by atoms with Crippen LogP contribution in [0.1, 0.15) is 15.5 Å². The van der Waals surface area contributed by atoms with Crippen LogP contribution in [0, 0.1) is 6.92 Å². The smallest absolute Gasteiger partial charge is 0.277 e. The average Bonchev–Trinajstić information content (AvgIpc) is 2.81. The summed E-state index contributed by atoms with van der Waals surface area (Å²) < 4.78 is 35.6. The molecule has 106 valence electrons. The van der Waals surface area contributed by atoms with E-state index in [1.807, 2.05) is 0 Å². The van der Waals surface area contributed by atoms with Gasteiger partial charge >= 0.3 is 0 Å². The molecule has 2 aromatic rings. The summed E-state index contributed by atoms with van der Waals surface area (Å²) >= 11 is 1.07. The van der Waals surface area contributed by atoms with Gasteiger partial charge in [0, 0.05) is 0 Å².